The molecule has 1 unspecified atom stereocenters. The standard InChI is InChI=1S/C17H25N3O2S/c1-19-9-11-20(12-10-19)17(22)15(8-13-23-2)18-16(21)14-6-4-3-5-7-14/h3-7,15H,8-13H2,1-2H3,(H,18,21). The summed E-state index contributed by atoms with van der Waals surface area (Å²) in [6.45, 7) is 3.22. The van der Waals surface area contributed by atoms with Gasteiger partial charge >= 0.3 is 0 Å². The molecular formula is C17H25N3O2S. The summed E-state index contributed by atoms with van der Waals surface area (Å²) in [7, 11) is 2.06. The van der Waals surface area contributed by atoms with Crippen LogP contribution in [0.1, 0.15) is 16.8 Å². The summed E-state index contributed by atoms with van der Waals surface area (Å²) in [4.78, 5) is 29.2. The SMILES string of the molecule is CSCCC(NC(=O)c1ccccc1)C(=O)N1CCN(C)CC1. The molecule has 0 aliphatic carbocycles. The molecule has 1 heterocycles. The van der Waals surface area contributed by atoms with Gasteiger partial charge in [-0.15, -0.1) is 0 Å². The number of piperazine rings is 1. The molecule has 0 saturated carbocycles. The molecule has 1 atom stereocenters. The lowest BCUT2D eigenvalue weighted by Crippen LogP contribution is -2.54. The lowest BCUT2D eigenvalue weighted by Gasteiger charge is -2.34. The van der Waals surface area contributed by atoms with Gasteiger partial charge in [-0.2, -0.15) is 11.8 Å². The van der Waals surface area contributed by atoms with Crippen LogP contribution in [-0.2, 0) is 4.79 Å². The highest BCUT2D eigenvalue weighted by atomic mass is 32.2. The molecule has 1 fully saturated rings. The summed E-state index contributed by atoms with van der Waals surface area (Å²) in [5.41, 5.74) is 0.591. The molecule has 23 heavy (non-hydrogen) atoms. The molecule has 0 bridgehead atoms. The van der Waals surface area contributed by atoms with E-state index in [1.165, 1.54) is 0 Å². The van der Waals surface area contributed by atoms with Gasteiger partial charge in [-0.3, -0.25) is 9.59 Å². The van der Waals surface area contributed by atoms with Crippen molar-refractivity contribution in [1.82, 2.24) is 15.1 Å². The molecule has 1 saturated heterocycles. The third kappa shape index (κ3) is 5.25. The third-order valence-corrected chi connectivity index (χ3v) is 4.71. The van der Waals surface area contributed by atoms with Gasteiger partial charge < -0.3 is 15.1 Å². The molecule has 1 aromatic rings. The number of benzene rings is 1. The highest BCUT2D eigenvalue weighted by Crippen LogP contribution is 2.09. The topological polar surface area (TPSA) is 52.7 Å². The van der Waals surface area contributed by atoms with E-state index >= 15 is 0 Å². The van der Waals surface area contributed by atoms with E-state index in [0.29, 0.717) is 12.0 Å². The average molecular weight is 335 g/mol. The van der Waals surface area contributed by atoms with E-state index in [4.69, 9.17) is 0 Å². The molecular weight excluding hydrogens is 310 g/mol. The largest absolute Gasteiger partial charge is 0.340 e. The van der Waals surface area contributed by atoms with Crippen molar-refractivity contribution in [1.29, 1.82) is 0 Å². The Hall–Kier alpha value is -1.53. The number of thioether (sulfide) groups is 1. The van der Waals surface area contributed by atoms with Crippen LogP contribution in [0.15, 0.2) is 30.3 Å². The number of hydrogen-bond acceptors (Lipinski definition) is 4. The molecule has 6 heteroatoms. The highest BCUT2D eigenvalue weighted by molar-refractivity contribution is 7.98. The van der Waals surface area contributed by atoms with Crippen molar-refractivity contribution >= 4 is 23.6 Å². The Bertz CT molecular complexity index is 516. The van der Waals surface area contributed by atoms with Crippen molar-refractivity contribution in [3.63, 3.8) is 0 Å². The van der Waals surface area contributed by atoms with Crippen molar-refractivity contribution < 1.29 is 9.59 Å². The van der Waals surface area contributed by atoms with Crippen LogP contribution in [0, 0.1) is 0 Å². The Labute approximate surface area is 142 Å². The lowest BCUT2D eigenvalue weighted by atomic mass is 10.1. The van der Waals surface area contributed by atoms with Gasteiger partial charge in [0, 0.05) is 31.7 Å². The van der Waals surface area contributed by atoms with E-state index in [1.807, 2.05) is 29.4 Å². The van der Waals surface area contributed by atoms with Crippen LogP contribution in [0.3, 0.4) is 0 Å². The number of carbonyl (C=O) groups is 2. The molecule has 1 aliphatic heterocycles. The minimum Gasteiger partial charge on any atom is -0.340 e. The number of rotatable bonds is 6. The molecule has 5 nitrogen and oxygen atoms in total. The van der Waals surface area contributed by atoms with Crippen molar-refractivity contribution in [3.8, 4) is 0 Å². The maximum absolute atomic E-state index is 12.8. The highest BCUT2D eigenvalue weighted by Gasteiger charge is 2.27. The number of amides is 2. The van der Waals surface area contributed by atoms with Crippen LogP contribution in [0.25, 0.3) is 0 Å². The average Bonchev–Trinajstić information content (AvgIpc) is 2.59. The molecule has 2 amide bonds. The van der Waals surface area contributed by atoms with E-state index in [2.05, 4.69) is 17.3 Å². The van der Waals surface area contributed by atoms with Crippen LogP contribution in [0.4, 0.5) is 0 Å². The number of nitrogens with zero attached hydrogens (tertiary/aromatic N) is 2. The van der Waals surface area contributed by atoms with Gasteiger partial charge in [-0.05, 0) is 37.6 Å². The van der Waals surface area contributed by atoms with E-state index < -0.39 is 6.04 Å². The van der Waals surface area contributed by atoms with Crippen LogP contribution < -0.4 is 5.32 Å². The minimum atomic E-state index is -0.446. The number of likely N-dealkylation sites (N-methyl/N-ethyl adjacent to an activating group) is 1. The summed E-state index contributed by atoms with van der Waals surface area (Å²) >= 11 is 1.69. The Morgan fingerprint density at radius 1 is 1.17 bits per heavy atom. The number of hydrogen-bond donors (Lipinski definition) is 1. The smallest absolute Gasteiger partial charge is 0.251 e. The molecule has 0 spiro atoms. The molecule has 0 aromatic heterocycles. The first kappa shape index (κ1) is 17.8. The van der Waals surface area contributed by atoms with Gasteiger partial charge in [0.2, 0.25) is 5.91 Å². The van der Waals surface area contributed by atoms with Crippen molar-refractivity contribution in [2.24, 2.45) is 0 Å². The Morgan fingerprint density at radius 2 is 1.83 bits per heavy atom. The van der Waals surface area contributed by atoms with E-state index in [1.54, 1.807) is 23.9 Å². The van der Waals surface area contributed by atoms with E-state index in [-0.39, 0.29) is 11.8 Å². The number of nitrogens with one attached hydrogen (secondary N) is 1. The van der Waals surface area contributed by atoms with Crippen LogP contribution in [0.2, 0.25) is 0 Å². The molecule has 0 radical (unpaired) electrons. The molecule has 1 aromatic carbocycles. The minimum absolute atomic E-state index is 0.0384. The zero-order valence-corrected chi connectivity index (χ0v) is 14.6. The van der Waals surface area contributed by atoms with Crippen LogP contribution in [-0.4, -0.2) is 72.9 Å². The van der Waals surface area contributed by atoms with Crippen molar-refractivity contribution in [2.75, 3.05) is 45.2 Å². The molecule has 1 N–H and O–H groups in total. The van der Waals surface area contributed by atoms with E-state index in [9.17, 15) is 9.59 Å². The van der Waals surface area contributed by atoms with Crippen LogP contribution >= 0.6 is 11.8 Å². The summed E-state index contributed by atoms with van der Waals surface area (Å²) < 4.78 is 0. The first-order valence-corrected chi connectivity index (χ1v) is 9.33. The Kier molecular flexibility index (Phi) is 6.92. The first-order valence-electron chi connectivity index (χ1n) is 7.94. The second kappa shape index (κ2) is 8.93. The summed E-state index contributed by atoms with van der Waals surface area (Å²) in [6, 6.07) is 8.61. The zero-order valence-electron chi connectivity index (χ0n) is 13.8. The number of carbonyl (C=O) groups excluding carboxylic acids is 2. The quantitative estimate of drug-likeness (QED) is 0.852. The van der Waals surface area contributed by atoms with Crippen LogP contribution in [0.5, 0.6) is 0 Å². The Balaban J connectivity index is 2.01. The van der Waals surface area contributed by atoms with Gasteiger partial charge in [-0.25, -0.2) is 0 Å². The predicted octanol–water partition coefficient (Wildman–Crippen LogP) is 1.31. The lowest BCUT2D eigenvalue weighted by molar-refractivity contribution is -0.134. The van der Waals surface area contributed by atoms with E-state index in [0.717, 1.165) is 31.9 Å². The van der Waals surface area contributed by atoms with Gasteiger partial charge in [-0.1, -0.05) is 18.2 Å². The molecule has 1 aliphatic rings. The maximum atomic E-state index is 12.8. The fourth-order valence-corrected chi connectivity index (χ4v) is 3.04. The molecule has 126 valence electrons. The second-order valence-corrected chi connectivity index (χ2v) is 6.79. The summed E-state index contributed by atoms with van der Waals surface area (Å²) in [6.07, 6.45) is 2.67. The summed E-state index contributed by atoms with van der Waals surface area (Å²) in [5, 5.41) is 2.92. The van der Waals surface area contributed by atoms with Gasteiger partial charge in [0.25, 0.3) is 5.91 Å². The first-order chi connectivity index (χ1) is 11.1. The zero-order chi connectivity index (χ0) is 16.7. The summed E-state index contributed by atoms with van der Waals surface area (Å²) in [5.74, 6) is 0.703. The monoisotopic (exact) mass is 335 g/mol. The normalized spacial score (nSPS) is 16.9. The molecule has 2 rings (SSSR count). The fraction of sp³-hybridized carbons (Fsp3) is 0.529. The maximum Gasteiger partial charge on any atom is 0.251 e. The third-order valence-electron chi connectivity index (χ3n) is 4.06. The van der Waals surface area contributed by atoms with Crippen molar-refractivity contribution in [2.45, 2.75) is 12.5 Å². The van der Waals surface area contributed by atoms with Gasteiger partial charge in [0.15, 0.2) is 0 Å². The van der Waals surface area contributed by atoms with Gasteiger partial charge in [0.1, 0.15) is 6.04 Å². The predicted molar refractivity (Wildman–Crippen MR) is 94.8 cm³/mol. The second-order valence-electron chi connectivity index (χ2n) is 5.80. The van der Waals surface area contributed by atoms with Crippen molar-refractivity contribution in [3.05, 3.63) is 35.9 Å². The fourth-order valence-electron chi connectivity index (χ4n) is 2.57. The Morgan fingerprint density at radius 3 is 2.43 bits per heavy atom. The van der Waals surface area contributed by atoms with Gasteiger partial charge in [0.05, 0.1) is 0 Å².